The van der Waals surface area contributed by atoms with Crippen molar-refractivity contribution in [3.8, 4) is 11.5 Å². The molecule has 50 heavy (non-hydrogen) atoms. The van der Waals surface area contributed by atoms with E-state index in [1.807, 2.05) is 60.8 Å². The number of hydrogen-bond donors (Lipinski definition) is 1. The van der Waals surface area contributed by atoms with E-state index in [4.69, 9.17) is 14.2 Å². The Hall–Kier alpha value is -4.78. The van der Waals surface area contributed by atoms with Gasteiger partial charge in [0.1, 0.15) is 11.5 Å². The normalized spacial score (nSPS) is 22.9. The summed E-state index contributed by atoms with van der Waals surface area (Å²) in [5, 5.41) is 19.2. The van der Waals surface area contributed by atoms with Crippen LogP contribution in [0.4, 0.5) is 17.1 Å². The third-order valence-corrected chi connectivity index (χ3v) is 15.1. The Kier molecular flexibility index (Phi) is 8.87. The second kappa shape index (κ2) is 13.2. The van der Waals surface area contributed by atoms with Gasteiger partial charge in [0.25, 0.3) is 11.8 Å². The van der Waals surface area contributed by atoms with Crippen LogP contribution in [-0.4, -0.2) is 73.0 Å². The number of aromatic nitrogens is 3. The number of aryl methyl sites for hydroxylation is 1. The lowest BCUT2D eigenvalue weighted by atomic mass is 9.82. The lowest BCUT2D eigenvalue weighted by Crippen LogP contribution is -2.52. The highest BCUT2D eigenvalue weighted by molar-refractivity contribution is 6.91. The molecule has 1 N–H and O–H groups in total. The molecule has 12 heteroatoms. The number of aliphatic hydroxyl groups is 1. The number of aliphatic hydroxyl groups excluding tert-OH is 1. The average Bonchev–Trinajstić information content (AvgIpc) is 3.77. The zero-order chi connectivity index (χ0) is 35.2. The highest BCUT2D eigenvalue weighted by atomic mass is 28.3. The van der Waals surface area contributed by atoms with Gasteiger partial charge in [0, 0.05) is 49.5 Å². The van der Waals surface area contributed by atoms with Crippen LogP contribution in [0.2, 0.25) is 18.6 Å². The number of anilines is 3. The second-order valence-electron chi connectivity index (χ2n) is 13.8. The fourth-order valence-electron chi connectivity index (χ4n) is 8.34. The number of carbonyl (C=O) groups is 2. The molecule has 0 aliphatic carbocycles. The summed E-state index contributed by atoms with van der Waals surface area (Å²) in [7, 11) is -0.711. The van der Waals surface area contributed by atoms with Gasteiger partial charge in [-0.15, -0.1) is 11.7 Å². The van der Waals surface area contributed by atoms with E-state index in [9.17, 15) is 14.7 Å². The van der Waals surface area contributed by atoms with Gasteiger partial charge >= 0.3 is 0 Å². The average molecular weight is 694 g/mol. The first-order chi connectivity index (χ1) is 24.1. The second-order valence-corrected chi connectivity index (χ2v) is 18.5. The fourth-order valence-corrected chi connectivity index (χ4v) is 12.4. The summed E-state index contributed by atoms with van der Waals surface area (Å²) in [6, 6.07) is 21.5. The molecule has 0 unspecified atom stereocenters. The van der Waals surface area contributed by atoms with Gasteiger partial charge in [0.2, 0.25) is 0 Å². The molecular formula is C38H43N5O6Si. The lowest BCUT2D eigenvalue weighted by molar-refractivity contribution is -0.145. The van der Waals surface area contributed by atoms with Crippen molar-refractivity contribution in [1.29, 1.82) is 0 Å². The van der Waals surface area contributed by atoms with Crippen LogP contribution in [0.5, 0.6) is 11.5 Å². The molecule has 2 amide bonds. The van der Waals surface area contributed by atoms with E-state index >= 15 is 0 Å². The molecule has 0 bridgehead atoms. The first kappa shape index (κ1) is 33.7. The van der Waals surface area contributed by atoms with Crippen LogP contribution in [-0.2, 0) is 32.9 Å². The molecule has 1 aromatic heterocycles. The van der Waals surface area contributed by atoms with Crippen molar-refractivity contribution in [2.24, 2.45) is 5.92 Å². The minimum Gasteiger partial charge on any atom is -0.497 e. The number of fused-ring (bicyclic) bond motifs is 3. The maximum atomic E-state index is 14.9. The number of hydrogen-bond acceptors (Lipinski definition) is 8. The molecule has 4 aromatic rings. The van der Waals surface area contributed by atoms with E-state index in [1.54, 1.807) is 27.7 Å². The van der Waals surface area contributed by atoms with Gasteiger partial charge in [-0.25, -0.2) is 0 Å². The van der Waals surface area contributed by atoms with E-state index in [0.29, 0.717) is 43.1 Å². The molecule has 0 saturated carbocycles. The number of amides is 2. The quantitative estimate of drug-likeness (QED) is 0.177. The molecule has 260 valence electrons. The van der Waals surface area contributed by atoms with Crippen molar-refractivity contribution < 1.29 is 28.9 Å². The van der Waals surface area contributed by atoms with Gasteiger partial charge in [0.15, 0.2) is 12.2 Å². The largest absolute Gasteiger partial charge is 0.497 e. The van der Waals surface area contributed by atoms with Crippen LogP contribution in [0.25, 0.3) is 0 Å². The molecule has 11 nitrogen and oxygen atoms in total. The number of nitrogens with zero attached hydrogens (tertiary/aromatic N) is 5. The van der Waals surface area contributed by atoms with Crippen molar-refractivity contribution in [2.45, 2.75) is 56.7 Å². The van der Waals surface area contributed by atoms with E-state index in [0.717, 1.165) is 22.7 Å². The molecule has 7 rings (SSSR count). The zero-order valence-electron chi connectivity index (χ0n) is 28.9. The summed E-state index contributed by atoms with van der Waals surface area (Å²) < 4.78 is 20.3. The number of para-hydroxylation sites is 2. The summed E-state index contributed by atoms with van der Waals surface area (Å²) in [5.74, 6) is 0.881. The number of rotatable bonds is 11. The lowest BCUT2D eigenvalue weighted by Gasteiger charge is -2.37. The molecule has 3 aromatic carbocycles. The van der Waals surface area contributed by atoms with Crippen molar-refractivity contribution >= 4 is 42.1 Å². The highest BCUT2D eigenvalue weighted by Crippen LogP contribution is 2.60. The van der Waals surface area contributed by atoms with Crippen LogP contribution in [0, 0.1) is 5.92 Å². The van der Waals surface area contributed by atoms with Crippen molar-refractivity contribution in [3.63, 3.8) is 0 Å². The molecule has 0 radical (unpaired) electrons. The predicted octanol–water partition coefficient (Wildman–Crippen LogP) is 4.72. The van der Waals surface area contributed by atoms with Gasteiger partial charge in [-0.1, -0.05) is 60.8 Å². The Morgan fingerprint density at radius 3 is 2.62 bits per heavy atom. The van der Waals surface area contributed by atoms with E-state index in [-0.39, 0.29) is 42.6 Å². The van der Waals surface area contributed by atoms with E-state index in [1.165, 1.54) is 5.19 Å². The Morgan fingerprint density at radius 1 is 1.10 bits per heavy atom. The standard InChI is InChI=1S/C38H43N5O6Si/c1-6-19-42-31-16-11-27(43-32-9-7-8-10-33(32)48-24-35(43)45)22-30(31)38(37(42)46)25(2)36(50(4,5)29-14-12-28(47-3)13-15-29)34(49-38)17-20-41-23-26(18-21-44)39-40-41/h6-16,22-23,25,34,36,44H,1,17-21,24H2,2-5H3/t25-,34+,36-,38+/m1/s1. The number of methoxy groups -OCH3 is 1. The Bertz CT molecular complexity index is 1930. The third kappa shape index (κ3) is 5.42. The minimum absolute atomic E-state index is 0.000537. The Balaban J connectivity index is 1.34. The van der Waals surface area contributed by atoms with Gasteiger partial charge < -0.3 is 24.2 Å². The van der Waals surface area contributed by atoms with Crippen LogP contribution in [0.1, 0.15) is 24.6 Å². The van der Waals surface area contributed by atoms with Crippen molar-refractivity contribution in [2.75, 3.05) is 36.7 Å². The zero-order valence-corrected chi connectivity index (χ0v) is 29.9. The Morgan fingerprint density at radius 2 is 1.88 bits per heavy atom. The van der Waals surface area contributed by atoms with E-state index < -0.39 is 13.7 Å². The summed E-state index contributed by atoms with van der Waals surface area (Å²) in [4.78, 5) is 31.8. The number of carbonyl (C=O) groups excluding carboxylic acids is 2. The SMILES string of the molecule is C=CCN1C(=O)[C@@]2(O[C@@H](CCn3cc(CCO)nn3)[C@H]([Si](C)(C)c3ccc(OC)cc3)[C@H]2C)c2cc(N3C(=O)COc4ccccc43)ccc21. The van der Waals surface area contributed by atoms with Crippen LogP contribution in [0.3, 0.4) is 0 Å². The highest BCUT2D eigenvalue weighted by Gasteiger charge is 2.66. The third-order valence-electron chi connectivity index (χ3n) is 10.7. The number of benzene rings is 3. The first-order valence-corrected chi connectivity index (χ1v) is 20.2. The van der Waals surface area contributed by atoms with Crippen LogP contribution in [0.15, 0.2) is 85.6 Å². The predicted molar refractivity (Wildman–Crippen MR) is 193 cm³/mol. The molecule has 4 atom stereocenters. The molecular weight excluding hydrogens is 651 g/mol. The maximum Gasteiger partial charge on any atom is 0.269 e. The summed E-state index contributed by atoms with van der Waals surface area (Å²) in [6.45, 7) is 11.6. The van der Waals surface area contributed by atoms with Crippen molar-refractivity contribution in [3.05, 3.63) is 96.8 Å². The fraction of sp³-hybridized carbons (Fsp3) is 0.368. The molecule has 1 saturated heterocycles. The van der Waals surface area contributed by atoms with E-state index in [2.05, 4.69) is 49.0 Å². The molecule has 3 aliphatic heterocycles. The van der Waals surface area contributed by atoms with Gasteiger partial charge in [-0.2, -0.15) is 0 Å². The smallest absolute Gasteiger partial charge is 0.269 e. The van der Waals surface area contributed by atoms with Gasteiger partial charge in [-0.05, 0) is 54.4 Å². The maximum absolute atomic E-state index is 14.9. The molecule has 4 heterocycles. The molecule has 1 fully saturated rings. The van der Waals surface area contributed by atoms with Crippen LogP contribution < -0.4 is 24.5 Å². The summed E-state index contributed by atoms with van der Waals surface area (Å²) >= 11 is 0. The Labute approximate surface area is 293 Å². The topological polar surface area (TPSA) is 119 Å². The van der Waals surface area contributed by atoms with Crippen molar-refractivity contribution in [1.82, 2.24) is 15.0 Å². The summed E-state index contributed by atoms with van der Waals surface area (Å²) in [6.07, 6.45) is 4.33. The monoisotopic (exact) mass is 693 g/mol. The first-order valence-electron chi connectivity index (χ1n) is 17.1. The molecule has 1 spiro atoms. The minimum atomic E-state index is -2.37. The van der Waals surface area contributed by atoms with Crippen LogP contribution >= 0.6 is 0 Å². The molecule has 3 aliphatic rings. The van der Waals surface area contributed by atoms with Gasteiger partial charge in [-0.3, -0.25) is 19.2 Å². The van der Waals surface area contributed by atoms with Gasteiger partial charge in [0.05, 0.1) is 38.4 Å². The number of ether oxygens (including phenoxy) is 3. The summed E-state index contributed by atoms with van der Waals surface area (Å²) in [5.41, 5.74) is 2.27.